The molecule has 1 aliphatic heterocycles. The lowest BCUT2D eigenvalue weighted by atomic mass is 10.0. The Balaban J connectivity index is 1.25. The molecular weight excluding hydrogens is 519 g/mol. The SMILES string of the molecule is Oc1cc(F)cc(-c2cncc3[nH]c(-c4n[nH]c5ncc(-c6cncc(CN7CCC(F)(F)C7)c6)cc45)cc23)c1. The smallest absolute Gasteiger partial charge is 0.261 e. The van der Waals surface area contributed by atoms with E-state index in [4.69, 9.17) is 0 Å². The lowest BCUT2D eigenvalue weighted by molar-refractivity contribution is 0.0115. The zero-order chi connectivity index (χ0) is 27.4. The molecule has 5 aromatic heterocycles. The first-order valence-corrected chi connectivity index (χ1v) is 12.7. The van der Waals surface area contributed by atoms with E-state index >= 15 is 0 Å². The summed E-state index contributed by atoms with van der Waals surface area (Å²) in [5.74, 6) is -3.36. The summed E-state index contributed by atoms with van der Waals surface area (Å²) >= 11 is 0. The van der Waals surface area contributed by atoms with Crippen LogP contribution in [0, 0.1) is 5.82 Å². The Labute approximate surface area is 225 Å². The van der Waals surface area contributed by atoms with Crippen molar-refractivity contribution in [3.8, 4) is 39.4 Å². The topological polar surface area (TPSA) is 107 Å². The van der Waals surface area contributed by atoms with E-state index in [0.717, 1.165) is 39.0 Å². The number of hydrogen-bond acceptors (Lipinski definition) is 6. The van der Waals surface area contributed by atoms with Crippen LogP contribution in [0.15, 0.2) is 67.4 Å². The van der Waals surface area contributed by atoms with E-state index in [1.54, 1.807) is 35.9 Å². The fourth-order valence-electron chi connectivity index (χ4n) is 5.34. The third-order valence-corrected chi connectivity index (χ3v) is 7.19. The molecule has 1 saturated heterocycles. The van der Waals surface area contributed by atoms with Crippen LogP contribution >= 0.6 is 0 Å². The average Bonchev–Trinajstić information content (AvgIpc) is 3.63. The molecule has 0 radical (unpaired) electrons. The normalized spacial score (nSPS) is 15.4. The number of aromatic hydroxyl groups is 1. The van der Waals surface area contributed by atoms with Crippen LogP contribution in [0.5, 0.6) is 5.75 Å². The molecular formula is C29H22F3N7O. The Morgan fingerprint density at radius 3 is 2.58 bits per heavy atom. The van der Waals surface area contributed by atoms with Crippen LogP contribution in [-0.2, 0) is 6.54 Å². The van der Waals surface area contributed by atoms with Crippen molar-refractivity contribution in [1.82, 2.24) is 35.0 Å². The number of rotatable bonds is 5. The van der Waals surface area contributed by atoms with Gasteiger partial charge in [0.2, 0.25) is 0 Å². The molecule has 11 heteroatoms. The van der Waals surface area contributed by atoms with Crippen molar-refractivity contribution >= 4 is 21.9 Å². The largest absolute Gasteiger partial charge is 0.508 e. The number of fused-ring (bicyclic) bond motifs is 2. The van der Waals surface area contributed by atoms with Gasteiger partial charge >= 0.3 is 0 Å². The van der Waals surface area contributed by atoms with Gasteiger partial charge in [-0.15, -0.1) is 0 Å². The minimum absolute atomic E-state index is 0.125. The number of aromatic amines is 2. The first kappa shape index (κ1) is 24.3. The van der Waals surface area contributed by atoms with Crippen molar-refractivity contribution in [2.75, 3.05) is 13.1 Å². The Kier molecular flexibility index (Phi) is 5.56. The van der Waals surface area contributed by atoms with Gasteiger partial charge in [0.25, 0.3) is 5.92 Å². The quantitative estimate of drug-likeness (QED) is 0.250. The number of nitrogens with zero attached hydrogens (tertiary/aromatic N) is 5. The molecule has 3 N–H and O–H groups in total. The van der Waals surface area contributed by atoms with E-state index in [1.165, 1.54) is 12.1 Å². The van der Waals surface area contributed by atoms with Crippen molar-refractivity contribution in [3.05, 3.63) is 78.8 Å². The van der Waals surface area contributed by atoms with Gasteiger partial charge in [-0.3, -0.25) is 20.0 Å². The van der Waals surface area contributed by atoms with Crippen LogP contribution in [-0.4, -0.2) is 59.2 Å². The summed E-state index contributed by atoms with van der Waals surface area (Å²) in [6.45, 7) is 0.508. The zero-order valence-electron chi connectivity index (χ0n) is 21.0. The zero-order valence-corrected chi connectivity index (χ0v) is 21.0. The number of likely N-dealkylation sites (tertiary alicyclic amines) is 1. The van der Waals surface area contributed by atoms with Crippen molar-refractivity contribution in [3.63, 3.8) is 0 Å². The van der Waals surface area contributed by atoms with Crippen LogP contribution in [0.3, 0.4) is 0 Å². The molecule has 1 fully saturated rings. The number of halogens is 3. The maximum absolute atomic E-state index is 14.0. The number of aromatic nitrogens is 6. The Bertz CT molecular complexity index is 1880. The van der Waals surface area contributed by atoms with Gasteiger partial charge in [0.1, 0.15) is 17.3 Å². The highest BCUT2D eigenvalue weighted by Crippen LogP contribution is 2.35. The minimum Gasteiger partial charge on any atom is -0.508 e. The second-order valence-corrected chi connectivity index (χ2v) is 10.1. The average molecular weight is 542 g/mol. The summed E-state index contributed by atoms with van der Waals surface area (Å²) < 4.78 is 41.3. The third-order valence-electron chi connectivity index (χ3n) is 7.19. The molecule has 0 saturated carbocycles. The molecule has 6 aromatic rings. The van der Waals surface area contributed by atoms with Crippen molar-refractivity contribution in [2.45, 2.75) is 18.9 Å². The highest BCUT2D eigenvalue weighted by atomic mass is 19.3. The summed E-state index contributed by atoms with van der Waals surface area (Å²) in [5, 5.41) is 18.9. The van der Waals surface area contributed by atoms with Gasteiger partial charge < -0.3 is 10.1 Å². The van der Waals surface area contributed by atoms with Crippen LogP contribution < -0.4 is 0 Å². The van der Waals surface area contributed by atoms with Gasteiger partial charge in [0.05, 0.1) is 24.0 Å². The fourth-order valence-corrected chi connectivity index (χ4v) is 5.34. The predicted molar refractivity (Wildman–Crippen MR) is 144 cm³/mol. The van der Waals surface area contributed by atoms with Gasteiger partial charge in [0, 0.05) is 77.8 Å². The molecule has 0 unspecified atom stereocenters. The lowest BCUT2D eigenvalue weighted by Crippen LogP contribution is -2.24. The van der Waals surface area contributed by atoms with E-state index in [-0.39, 0.29) is 18.7 Å². The maximum atomic E-state index is 14.0. The monoisotopic (exact) mass is 541 g/mol. The Morgan fingerprint density at radius 2 is 1.75 bits per heavy atom. The molecule has 8 nitrogen and oxygen atoms in total. The number of phenolic OH excluding ortho intramolecular Hbond substituents is 1. The Hall–Kier alpha value is -4.77. The summed E-state index contributed by atoms with van der Waals surface area (Å²) in [5.41, 5.74) is 6.30. The van der Waals surface area contributed by atoms with Crippen LogP contribution in [0.25, 0.3) is 55.6 Å². The number of alkyl halides is 2. The predicted octanol–water partition coefficient (Wildman–Crippen LogP) is 5.92. The molecule has 0 atom stereocenters. The summed E-state index contributed by atoms with van der Waals surface area (Å²) in [6.07, 6.45) is 8.32. The number of hydrogen-bond donors (Lipinski definition) is 3. The van der Waals surface area contributed by atoms with Crippen LogP contribution in [0.1, 0.15) is 12.0 Å². The molecule has 0 aliphatic carbocycles. The number of H-pyrrole nitrogens is 2. The molecule has 7 rings (SSSR count). The number of pyridine rings is 3. The first-order chi connectivity index (χ1) is 19.3. The van der Waals surface area contributed by atoms with E-state index in [9.17, 15) is 18.3 Å². The lowest BCUT2D eigenvalue weighted by Gasteiger charge is -2.15. The van der Waals surface area contributed by atoms with E-state index < -0.39 is 11.7 Å². The van der Waals surface area contributed by atoms with Gasteiger partial charge in [0.15, 0.2) is 5.65 Å². The van der Waals surface area contributed by atoms with E-state index in [2.05, 4.69) is 30.1 Å². The second kappa shape index (κ2) is 9.16. The summed E-state index contributed by atoms with van der Waals surface area (Å²) in [7, 11) is 0. The molecule has 0 bridgehead atoms. The first-order valence-electron chi connectivity index (χ1n) is 12.7. The maximum Gasteiger partial charge on any atom is 0.261 e. The van der Waals surface area contributed by atoms with Gasteiger partial charge in [-0.05, 0) is 41.5 Å². The summed E-state index contributed by atoms with van der Waals surface area (Å²) in [4.78, 5) is 18.2. The molecule has 6 heterocycles. The third kappa shape index (κ3) is 4.43. The summed E-state index contributed by atoms with van der Waals surface area (Å²) in [6, 6.07) is 9.70. The second-order valence-electron chi connectivity index (χ2n) is 10.1. The Morgan fingerprint density at radius 1 is 0.900 bits per heavy atom. The molecule has 0 amide bonds. The van der Waals surface area contributed by atoms with Gasteiger partial charge in [-0.25, -0.2) is 18.2 Å². The van der Waals surface area contributed by atoms with Crippen molar-refractivity contribution in [1.29, 1.82) is 0 Å². The highest BCUT2D eigenvalue weighted by Gasteiger charge is 2.37. The standard InChI is InChI=1S/C29H22F3N7O/c30-20-4-17(5-21(40)7-20)24-12-34-13-26-22(24)8-25(36-26)27-23-6-19(11-35-28(23)38-37-27)18-3-16(9-33-10-18)14-39-2-1-29(31,32)15-39/h3-13,36,40H,1-2,14-15H2,(H,35,37,38). The van der Waals surface area contributed by atoms with Gasteiger partial charge in [-0.1, -0.05) is 0 Å². The van der Waals surface area contributed by atoms with E-state index in [0.29, 0.717) is 41.3 Å². The van der Waals surface area contributed by atoms with Gasteiger partial charge in [-0.2, -0.15) is 5.10 Å². The molecule has 0 spiro atoms. The molecule has 1 aliphatic rings. The van der Waals surface area contributed by atoms with E-state index in [1.807, 2.05) is 18.2 Å². The number of phenols is 1. The molecule has 200 valence electrons. The number of nitrogens with one attached hydrogen (secondary N) is 2. The number of benzene rings is 1. The van der Waals surface area contributed by atoms with Crippen molar-refractivity contribution < 1.29 is 18.3 Å². The molecule has 1 aromatic carbocycles. The fraction of sp³-hybridized carbons (Fsp3) is 0.172. The minimum atomic E-state index is -2.64. The molecule has 40 heavy (non-hydrogen) atoms. The highest BCUT2D eigenvalue weighted by molar-refractivity contribution is 6.00. The van der Waals surface area contributed by atoms with Crippen LogP contribution in [0.4, 0.5) is 13.2 Å². The van der Waals surface area contributed by atoms with Crippen LogP contribution in [0.2, 0.25) is 0 Å². The van der Waals surface area contributed by atoms with Crippen molar-refractivity contribution in [2.24, 2.45) is 0 Å².